The Morgan fingerprint density at radius 2 is 0.750 bits per heavy atom. The molecule has 0 heterocycles. The third kappa shape index (κ3) is 150. The van der Waals surface area contributed by atoms with Gasteiger partial charge in [-0.15, -0.1) is 0 Å². The van der Waals surface area contributed by atoms with Gasteiger partial charge in [-0.3, -0.25) is 0 Å². The van der Waals surface area contributed by atoms with Gasteiger partial charge in [-0.05, 0) is 0 Å². The fourth-order valence-electron chi connectivity index (χ4n) is 0. The molecule has 0 spiro atoms. The van der Waals surface area contributed by atoms with E-state index in [1.165, 1.54) is 0 Å². The molecule has 0 atom stereocenters. The first-order chi connectivity index (χ1) is 0. The Hall–Kier alpha value is 1.43. The van der Waals surface area contributed by atoms with Crippen LogP contribution in [-0.4, -0.2) is 60.7 Å². The largest absolute Gasteiger partial charge is 4.00 e. The van der Waals surface area contributed by atoms with E-state index in [4.69, 9.17) is 0 Å². The molecule has 0 rings (SSSR count). The van der Waals surface area contributed by atoms with Crippen molar-refractivity contribution in [1.29, 1.82) is 0 Å². The Labute approximate surface area is 82.9 Å². The average Bonchev–Trinajstić information content (AvgIpc) is 0. The van der Waals surface area contributed by atoms with E-state index in [9.17, 15) is 0 Å². The van der Waals surface area contributed by atoms with E-state index in [-0.39, 0.29) is 83.3 Å². The Bertz CT molecular complexity index is 12.4. The molecular formula is H6InNO5Sn. The summed E-state index contributed by atoms with van der Waals surface area (Å²) in [6.07, 6.45) is 0. The first-order valence-corrected chi connectivity index (χ1v) is 0. The van der Waals surface area contributed by atoms with Crippen LogP contribution in [0.25, 0.3) is 0 Å². The van der Waals surface area contributed by atoms with Crippen LogP contribution in [-0.2, 0) is 16.4 Å². The molecule has 8 heavy (non-hydrogen) atoms. The van der Waals surface area contributed by atoms with Crippen LogP contribution in [0, 0.1) is 0 Å². The smallest absolute Gasteiger partial charge is 2.00 e. The van der Waals surface area contributed by atoms with Gasteiger partial charge in [0.15, 0.2) is 0 Å². The van der Waals surface area contributed by atoms with Crippen molar-refractivity contribution in [2.45, 2.75) is 0 Å². The zero-order valence-electron chi connectivity index (χ0n) is 3.96. The van der Waals surface area contributed by atoms with Gasteiger partial charge in [0.2, 0.25) is 0 Å². The molecule has 0 aliphatic heterocycles. The summed E-state index contributed by atoms with van der Waals surface area (Å²) in [5.74, 6) is 0. The van der Waals surface area contributed by atoms with Crippen LogP contribution in [0.4, 0.5) is 0 Å². The van der Waals surface area contributed by atoms with Crippen molar-refractivity contribution >= 4 is 49.8 Å². The molecule has 0 aromatic rings. The normalized spacial score (nSPS) is 0. The molecule has 6 N–H and O–H groups in total. The van der Waals surface area contributed by atoms with Gasteiger partial charge in [0, 0.05) is 0 Å². The molecule has 0 unspecified atom stereocenters. The molecule has 8 heteroatoms. The van der Waals surface area contributed by atoms with Gasteiger partial charge in [-0.2, -0.15) is 0 Å². The van der Waals surface area contributed by atoms with Crippen LogP contribution in [0.5, 0.6) is 0 Å². The van der Waals surface area contributed by atoms with Crippen molar-refractivity contribution in [3.8, 4) is 0 Å². The van der Waals surface area contributed by atoms with E-state index in [1.807, 2.05) is 0 Å². The molecule has 0 amide bonds. The zero-order chi connectivity index (χ0) is 0. The minimum absolute atomic E-state index is 0. The van der Waals surface area contributed by atoms with E-state index in [1.54, 1.807) is 0 Å². The van der Waals surface area contributed by atoms with Gasteiger partial charge in [-0.1, -0.05) is 0 Å². The third-order valence-electron chi connectivity index (χ3n) is 0. The molecule has 0 saturated carbocycles. The van der Waals surface area contributed by atoms with Crippen LogP contribution in [0.3, 0.4) is 0 Å². The maximum absolute atomic E-state index is 0. The first kappa shape index (κ1) is 328. The molecule has 0 aliphatic rings. The summed E-state index contributed by atoms with van der Waals surface area (Å²) in [5.41, 5.74) is 0. The van der Waals surface area contributed by atoms with Crippen molar-refractivity contribution in [3.05, 3.63) is 0 Å². The summed E-state index contributed by atoms with van der Waals surface area (Å²) in [5, 5.41) is 0. The van der Waals surface area contributed by atoms with E-state index in [0.29, 0.717) is 0 Å². The molecule has 0 aromatic heterocycles. The summed E-state index contributed by atoms with van der Waals surface area (Å²) >= 11 is 0. The fraction of sp³-hybridized carbons (Fsp3) is 0. The maximum atomic E-state index is 0. The van der Waals surface area contributed by atoms with Gasteiger partial charge < -0.3 is 33.5 Å². The number of hydrogen-bond donors (Lipinski definition) is 1. The molecule has 0 radical (unpaired) electrons. The Balaban J connectivity index is 0. The SMILES string of the molecule is N.O.[In+3].[O-2].[O-2].[O-2].[OH-].[Sn+4]. The van der Waals surface area contributed by atoms with Gasteiger partial charge in [-0.25, -0.2) is 0 Å². The third-order valence-corrected chi connectivity index (χ3v) is 0. The van der Waals surface area contributed by atoms with Gasteiger partial charge in [0.05, 0.1) is 0 Å². The molecule has 0 bridgehead atoms. The average molecular weight is 334 g/mol. The molecular weight excluding hydrogens is 328 g/mol. The maximum Gasteiger partial charge on any atom is 4.00 e. The second kappa shape index (κ2) is 228. The summed E-state index contributed by atoms with van der Waals surface area (Å²) in [6.45, 7) is 0. The minimum Gasteiger partial charge on any atom is -2.00 e. The first-order valence-electron chi connectivity index (χ1n) is 0. The summed E-state index contributed by atoms with van der Waals surface area (Å²) in [6, 6.07) is 0. The number of rotatable bonds is 0. The zero-order valence-corrected chi connectivity index (χ0v) is 10.1. The second-order valence-electron chi connectivity index (χ2n) is 0. The van der Waals surface area contributed by atoms with E-state index < -0.39 is 0 Å². The summed E-state index contributed by atoms with van der Waals surface area (Å²) in [7, 11) is 0. The Kier molecular flexibility index (Phi) is 9350. The fourth-order valence-corrected chi connectivity index (χ4v) is 0. The predicted octanol–water partition coefficient (Wildman–Crippen LogP) is -1.96. The van der Waals surface area contributed by atoms with Crippen molar-refractivity contribution < 1.29 is 27.4 Å². The monoisotopic (exact) mass is 335 g/mol. The van der Waals surface area contributed by atoms with Crippen LogP contribution in [0.1, 0.15) is 0 Å². The molecule has 48 valence electrons. The molecule has 6 nitrogen and oxygen atoms in total. The molecule has 0 saturated heterocycles. The van der Waals surface area contributed by atoms with Crippen LogP contribution >= 0.6 is 0 Å². The standard InChI is InChI=1S/In.H3N.2H2O.3O.Sn/h;1H3;2*1H2;;;;/q+3;;;;3*-2;+4/p-1. The minimum atomic E-state index is 0. The van der Waals surface area contributed by atoms with Crippen LogP contribution < -0.4 is 6.15 Å². The summed E-state index contributed by atoms with van der Waals surface area (Å²) < 4.78 is 0. The van der Waals surface area contributed by atoms with E-state index in [0.717, 1.165) is 0 Å². The van der Waals surface area contributed by atoms with Crippen molar-refractivity contribution in [2.75, 3.05) is 0 Å². The Morgan fingerprint density at radius 1 is 0.750 bits per heavy atom. The summed E-state index contributed by atoms with van der Waals surface area (Å²) in [4.78, 5) is 0. The van der Waals surface area contributed by atoms with E-state index in [2.05, 4.69) is 0 Å². The van der Waals surface area contributed by atoms with Crippen LogP contribution in [0.2, 0.25) is 0 Å². The van der Waals surface area contributed by atoms with Gasteiger partial charge in [0.25, 0.3) is 0 Å². The quantitative estimate of drug-likeness (QED) is 0.505. The number of hydrogen-bond acceptors (Lipinski definition) is 2. The Morgan fingerprint density at radius 3 is 0.750 bits per heavy atom. The topological polar surface area (TPSA) is 182 Å². The predicted molar refractivity (Wildman–Crippen MR) is 24.1 cm³/mol. The van der Waals surface area contributed by atoms with E-state index >= 15 is 0 Å². The van der Waals surface area contributed by atoms with Crippen molar-refractivity contribution in [1.82, 2.24) is 6.15 Å². The van der Waals surface area contributed by atoms with Gasteiger partial charge >= 0.3 is 49.8 Å². The second-order valence-corrected chi connectivity index (χ2v) is 0. The van der Waals surface area contributed by atoms with Crippen LogP contribution in [0.15, 0.2) is 0 Å². The molecule has 0 aliphatic carbocycles. The van der Waals surface area contributed by atoms with Crippen molar-refractivity contribution in [2.24, 2.45) is 0 Å². The van der Waals surface area contributed by atoms with Crippen molar-refractivity contribution in [3.63, 3.8) is 0 Å². The molecule has 0 fully saturated rings. The molecule has 0 aromatic carbocycles. The van der Waals surface area contributed by atoms with Gasteiger partial charge in [0.1, 0.15) is 0 Å².